The van der Waals surface area contributed by atoms with E-state index in [1.807, 2.05) is 0 Å². The second-order valence-electron chi connectivity index (χ2n) is 22.4. The van der Waals surface area contributed by atoms with Gasteiger partial charge in [0.2, 0.25) is 0 Å². The van der Waals surface area contributed by atoms with Crippen molar-refractivity contribution in [3.8, 4) is 77.9 Å². The molecule has 0 saturated heterocycles. The van der Waals surface area contributed by atoms with Crippen molar-refractivity contribution < 1.29 is 0 Å². The fraction of sp³-hybridized carbons (Fsp3) is 0. The van der Waals surface area contributed by atoms with Gasteiger partial charge < -0.3 is 0 Å². The number of benzene rings is 16. The van der Waals surface area contributed by atoms with Gasteiger partial charge in [0.15, 0.2) is 0 Å². The minimum absolute atomic E-state index is 1.20. The van der Waals surface area contributed by atoms with Crippen LogP contribution in [0.1, 0.15) is 0 Å². The van der Waals surface area contributed by atoms with Crippen molar-refractivity contribution in [1.82, 2.24) is 0 Å². The predicted molar refractivity (Wildman–Crippen MR) is 353 cm³/mol. The van der Waals surface area contributed by atoms with Crippen LogP contribution in [0.4, 0.5) is 0 Å². The van der Waals surface area contributed by atoms with Crippen LogP contribution in [0.2, 0.25) is 0 Å². The summed E-state index contributed by atoms with van der Waals surface area (Å²) >= 11 is 0. The van der Waals surface area contributed by atoms with Crippen LogP contribution in [0.5, 0.6) is 0 Å². The van der Waals surface area contributed by atoms with Gasteiger partial charge in [0.1, 0.15) is 0 Å². The van der Waals surface area contributed by atoms with E-state index in [1.165, 1.54) is 186 Å². The summed E-state index contributed by atoms with van der Waals surface area (Å²) in [6.45, 7) is 0. The summed E-state index contributed by atoms with van der Waals surface area (Å²) in [5.41, 5.74) is 17.2. The Balaban J connectivity index is 1.10. The maximum absolute atomic E-state index is 2.58. The Hall–Kier alpha value is -10.7. The Labute approximate surface area is 474 Å². The molecule has 0 saturated carbocycles. The minimum Gasteiger partial charge on any atom is -0.0622 e. The predicted octanol–water partition coefficient (Wildman–Crippen LogP) is 23.2. The lowest BCUT2D eigenvalue weighted by Crippen LogP contribution is -1.94. The van der Waals surface area contributed by atoms with E-state index in [2.05, 4.69) is 291 Å². The smallest absolute Gasteiger partial charge is 0.000695 e. The number of hydrogen-bond acceptors (Lipinski definition) is 0. The molecule has 0 aliphatic rings. The summed E-state index contributed by atoms with van der Waals surface area (Å²) in [5, 5.41) is 25.9. The zero-order valence-electron chi connectivity index (χ0n) is 44.7. The maximum atomic E-state index is 2.58. The first-order chi connectivity index (χ1) is 40.8. The van der Waals surface area contributed by atoms with E-state index >= 15 is 0 Å². The molecule has 0 spiro atoms. The largest absolute Gasteiger partial charge is 0.0622 e. The Morgan fingerprint density at radius 1 is 0.122 bits per heavy atom. The molecule has 0 aliphatic carbocycles. The van der Waals surface area contributed by atoms with Crippen molar-refractivity contribution in [2.24, 2.45) is 0 Å². The van der Waals surface area contributed by atoms with E-state index in [9.17, 15) is 0 Å². The fourth-order valence-corrected chi connectivity index (χ4v) is 15.1. The standard InChI is InChI=1S/C82H48/c1-6-22-49(23-7-1)54-32-16-18-34-59(54)60-43-47-69-78-70(60)48-71-63-44-40-56(51-26-10-3-11-27-51)61-36-20-37-64(72(61)63)77(71)79(78)66-39-21-38-65-74(62-35-19-17-33-55(62)50-24-8-2-9-25-50)80-67-45-41-57(52-28-12-4-13-29-52)73-58(53-30-14-5-15-31-53)42-46-68(75(67)73)82(80)81(69)76(65)66/h1-48H. The molecule has 0 amide bonds. The molecule has 0 unspecified atom stereocenters. The first kappa shape index (κ1) is 45.2. The molecule has 18 rings (SSSR count). The van der Waals surface area contributed by atoms with Crippen LogP contribution in [0, 0.1) is 0 Å². The van der Waals surface area contributed by atoms with Crippen molar-refractivity contribution >= 4 is 108 Å². The third kappa shape index (κ3) is 6.27. The average Bonchev–Trinajstić information content (AvgIpc) is 1.99. The molecule has 0 heterocycles. The van der Waals surface area contributed by atoms with Crippen LogP contribution in [-0.4, -0.2) is 0 Å². The molecule has 0 nitrogen and oxygen atoms in total. The number of fused-ring (bicyclic) bond motifs is 10. The van der Waals surface area contributed by atoms with E-state index in [0.717, 1.165) is 0 Å². The van der Waals surface area contributed by atoms with E-state index in [4.69, 9.17) is 0 Å². The van der Waals surface area contributed by atoms with Crippen molar-refractivity contribution in [3.05, 3.63) is 291 Å². The van der Waals surface area contributed by atoms with Crippen LogP contribution in [0.15, 0.2) is 291 Å². The lowest BCUT2D eigenvalue weighted by Gasteiger charge is -2.22. The third-order valence-corrected chi connectivity index (χ3v) is 18.3. The quantitative estimate of drug-likeness (QED) is 0.110. The van der Waals surface area contributed by atoms with Gasteiger partial charge in [-0.25, -0.2) is 0 Å². The lowest BCUT2D eigenvalue weighted by molar-refractivity contribution is 1.60. The van der Waals surface area contributed by atoms with Crippen LogP contribution in [-0.2, 0) is 0 Å². The zero-order valence-corrected chi connectivity index (χ0v) is 44.7. The summed E-state index contributed by atoms with van der Waals surface area (Å²) in [7, 11) is 0. The first-order valence-corrected chi connectivity index (χ1v) is 28.7. The van der Waals surface area contributed by atoms with Crippen molar-refractivity contribution in [2.75, 3.05) is 0 Å². The van der Waals surface area contributed by atoms with E-state index in [1.54, 1.807) is 0 Å². The molecule has 0 radical (unpaired) electrons. The highest BCUT2D eigenvalue weighted by molar-refractivity contribution is 6.53. The summed E-state index contributed by atoms with van der Waals surface area (Å²) < 4.78 is 0. The topological polar surface area (TPSA) is 0 Å². The third-order valence-electron chi connectivity index (χ3n) is 18.3. The summed E-state index contributed by atoms with van der Waals surface area (Å²) in [4.78, 5) is 0. The highest BCUT2D eigenvalue weighted by atomic mass is 14.3. The Morgan fingerprint density at radius 3 is 1.04 bits per heavy atom. The van der Waals surface area contributed by atoms with Crippen molar-refractivity contribution in [1.29, 1.82) is 0 Å². The van der Waals surface area contributed by atoms with Crippen LogP contribution < -0.4 is 0 Å². The summed E-state index contributed by atoms with van der Waals surface area (Å²) in [5.74, 6) is 0. The molecule has 18 aromatic carbocycles. The van der Waals surface area contributed by atoms with Crippen LogP contribution >= 0.6 is 0 Å². The molecule has 0 bridgehead atoms. The maximum Gasteiger partial charge on any atom is -0.000695 e. The lowest BCUT2D eigenvalue weighted by atomic mass is 9.80. The fourth-order valence-electron chi connectivity index (χ4n) is 15.1. The van der Waals surface area contributed by atoms with Crippen LogP contribution in [0.3, 0.4) is 0 Å². The van der Waals surface area contributed by atoms with Crippen LogP contribution in [0.25, 0.3) is 186 Å². The van der Waals surface area contributed by atoms with E-state index < -0.39 is 0 Å². The molecule has 376 valence electrons. The zero-order chi connectivity index (χ0) is 53.6. The molecule has 0 aromatic heterocycles. The van der Waals surface area contributed by atoms with Gasteiger partial charge in [0, 0.05) is 0 Å². The molecule has 82 heavy (non-hydrogen) atoms. The van der Waals surface area contributed by atoms with Gasteiger partial charge in [-0.05, 0) is 192 Å². The van der Waals surface area contributed by atoms with Gasteiger partial charge in [-0.3, -0.25) is 0 Å². The normalized spacial score (nSPS) is 12.1. The second kappa shape index (κ2) is 17.4. The van der Waals surface area contributed by atoms with Gasteiger partial charge in [0.05, 0.1) is 0 Å². The highest BCUT2D eigenvalue weighted by Crippen LogP contribution is 2.58. The average molecular weight is 1030 g/mol. The Kier molecular flexibility index (Phi) is 9.61. The van der Waals surface area contributed by atoms with Gasteiger partial charge >= 0.3 is 0 Å². The molecule has 18 aromatic rings. The molecule has 0 heteroatoms. The van der Waals surface area contributed by atoms with E-state index in [0.29, 0.717) is 0 Å². The number of rotatable bonds is 7. The molecule has 0 fully saturated rings. The minimum atomic E-state index is 1.20. The molecular weight excluding hydrogens is 985 g/mol. The SMILES string of the molecule is c1ccc(-c2ccccc2-c2ccc3c4c2cc2c5ccc(-c6ccccc6)c6cccc(c65)c2c4c2cccc4c(-c5ccccc5-c5ccccc5)c5c6ccc(-c7ccccc7)c7c(-c8ccccc8)ccc(c76)c5c3c42)cc1. The van der Waals surface area contributed by atoms with Gasteiger partial charge in [-0.15, -0.1) is 0 Å². The molecule has 0 atom stereocenters. The van der Waals surface area contributed by atoms with E-state index in [-0.39, 0.29) is 0 Å². The second-order valence-corrected chi connectivity index (χ2v) is 22.4. The number of hydrogen-bond donors (Lipinski definition) is 0. The monoisotopic (exact) mass is 1030 g/mol. The van der Waals surface area contributed by atoms with Gasteiger partial charge in [-0.2, -0.15) is 0 Å². The van der Waals surface area contributed by atoms with Crippen molar-refractivity contribution in [2.45, 2.75) is 0 Å². The Morgan fingerprint density at radius 2 is 0.463 bits per heavy atom. The molecule has 0 N–H and O–H groups in total. The molecule has 0 aliphatic heterocycles. The van der Waals surface area contributed by atoms with Crippen molar-refractivity contribution in [3.63, 3.8) is 0 Å². The van der Waals surface area contributed by atoms with Gasteiger partial charge in [0.25, 0.3) is 0 Å². The molecular formula is C82H48. The first-order valence-electron chi connectivity index (χ1n) is 28.7. The Bertz CT molecular complexity index is 5520. The summed E-state index contributed by atoms with van der Waals surface area (Å²) in [6, 6.07) is 109. The van der Waals surface area contributed by atoms with Gasteiger partial charge in [-0.1, -0.05) is 285 Å². The summed E-state index contributed by atoms with van der Waals surface area (Å²) in [6.07, 6.45) is 0. The highest BCUT2D eigenvalue weighted by Gasteiger charge is 2.30.